The van der Waals surface area contributed by atoms with Gasteiger partial charge < -0.3 is 15.0 Å². The number of ether oxygens (including phenoxy) is 1. The van der Waals surface area contributed by atoms with Crippen LogP contribution in [0.25, 0.3) is 11.3 Å². The second kappa shape index (κ2) is 8.48. The zero-order chi connectivity index (χ0) is 20.0. The summed E-state index contributed by atoms with van der Waals surface area (Å²) in [6.07, 6.45) is 1.36. The second-order valence-corrected chi connectivity index (χ2v) is 7.15. The van der Waals surface area contributed by atoms with Gasteiger partial charge in [-0.05, 0) is 20.8 Å². The number of esters is 1. The molecule has 1 heterocycles. The standard InChI is InChI=1S/C19H24N4O4/c1-19(2,3)21-15(24)11-23(4)16(25)12-27-18(26)14-10-20-22-17(14)13-8-6-5-7-9-13/h5-10H,11-12H2,1-4H3,(H,20,22)(H,21,24). The maximum atomic E-state index is 12.3. The van der Waals surface area contributed by atoms with Crippen molar-refractivity contribution in [1.82, 2.24) is 20.4 Å². The summed E-state index contributed by atoms with van der Waals surface area (Å²) in [5, 5.41) is 9.41. The van der Waals surface area contributed by atoms with Crippen LogP contribution in [0.1, 0.15) is 31.1 Å². The van der Waals surface area contributed by atoms with E-state index in [0.29, 0.717) is 5.69 Å². The van der Waals surface area contributed by atoms with Crippen molar-refractivity contribution >= 4 is 17.8 Å². The molecule has 0 radical (unpaired) electrons. The number of rotatable bonds is 6. The summed E-state index contributed by atoms with van der Waals surface area (Å²) in [5.74, 6) is -1.42. The van der Waals surface area contributed by atoms with Gasteiger partial charge in [-0.2, -0.15) is 5.10 Å². The molecule has 0 atom stereocenters. The molecule has 0 aliphatic heterocycles. The lowest BCUT2D eigenvalue weighted by molar-refractivity contribution is -0.137. The smallest absolute Gasteiger partial charge is 0.342 e. The number of carbonyl (C=O) groups is 3. The fourth-order valence-electron chi connectivity index (χ4n) is 2.34. The summed E-state index contributed by atoms with van der Waals surface area (Å²) >= 11 is 0. The van der Waals surface area contributed by atoms with Gasteiger partial charge in [0.2, 0.25) is 5.91 Å². The van der Waals surface area contributed by atoms with Gasteiger partial charge in [-0.15, -0.1) is 0 Å². The molecule has 0 saturated heterocycles. The summed E-state index contributed by atoms with van der Waals surface area (Å²) in [4.78, 5) is 37.5. The van der Waals surface area contributed by atoms with Crippen molar-refractivity contribution in [1.29, 1.82) is 0 Å². The maximum Gasteiger partial charge on any atom is 0.342 e. The van der Waals surface area contributed by atoms with Crippen molar-refractivity contribution in [2.45, 2.75) is 26.3 Å². The van der Waals surface area contributed by atoms with Crippen LogP contribution in [0.3, 0.4) is 0 Å². The zero-order valence-corrected chi connectivity index (χ0v) is 15.9. The molecule has 2 rings (SSSR count). The summed E-state index contributed by atoms with van der Waals surface area (Å²) in [7, 11) is 1.48. The van der Waals surface area contributed by atoms with E-state index >= 15 is 0 Å². The zero-order valence-electron chi connectivity index (χ0n) is 15.9. The Morgan fingerprint density at radius 3 is 2.48 bits per heavy atom. The molecule has 0 fully saturated rings. The Labute approximate surface area is 157 Å². The number of hydrogen-bond donors (Lipinski definition) is 2. The van der Waals surface area contributed by atoms with E-state index in [4.69, 9.17) is 4.74 Å². The van der Waals surface area contributed by atoms with Gasteiger partial charge in [0.15, 0.2) is 6.61 Å². The number of likely N-dealkylation sites (N-methyl/N-ethyl adjacent to an activating group) is 1. The predicted octanol–water partition coefficient (Wildman–Crippen LogP) is 1.61. The SMILES string of the molecule is CN(CC(=O)NC(C)(C)C)C(=O)COC(=O)c1cn[nH]c1-c1ccccc1. The van der Waals surface area contributed by atoms with Crippen LogP contribution in [0.15, 0.2) is 36.5 Å². The van der Waals surface area contributed by atoms with Crippen molar-refractivity contribution in [3.63, 3.8) is 0 Å². The molecule has 1 aromatic heterocycles. The fraction of sp³-hybridized carbons (Fsp3) is 0.368. The molecule has 2 amide bonds. The molecular weight excluding hydrogens is 348 g/mol. The number of H-pyrrole nitrogens is 1. The highest BCUT2D eigenvalue weighted by Gasteiger charge is 2.21. The summed E-state index contributed by atoms with van der Waals surface area (Å²) in [6.45, 7) is 4.98. The molecule has 0 bridgehead atoms. The fourth-order valence-corrected chi connectivity index (χ4v) is 2.34. The number of amides is 2. The van der Waals surface area contributed by atoms with Crippen LogP contribution in [0.4, 0.5) is 0 Å². The van der Waals surface area contributed by atoms with Crippen molar-refractivity contribution < 1.29 is 19.1 Å². The predicted molar refractivity (Wildman–Crippen MR) is 99.8 cm³/mol. The van der Waals surface area contributed by atoms with Crippen molar-refractivity contribution in [3.05, 3.63) is 42.1 Å². The second-order valence-electron chi connectivity index (χ2n) is 7.15. The number of aromatic nitrogens is 2. The molecule has 8 heteroatoms. The highest BCUT2D eigenvalue weighted by atomic mass is 16.5. The van der Waals surface area contributed by atoms with E-state index in [0.717, 1.165) is 5.56 Å². The summed E-state index contributed by atoms with van der Waals surface area (Å²) in [5.41, 5.74) is 1.15. The van der Waals surface area contributed by atoms with Crippen molar-refractivity contribution in [2.75, 3.05) is 20.2 Å². The molecule has 8 nitrogen and oxygen atoms in total. The van der Waals surface area contributed by atoms with Crippen LogP contribution in [-0.4, -0.2) is 58.6 Å². The molecule has 144 valence electrons. The van der Waals surface area contributed by atoms with E-state index in [2.05, 4.69) is 15.5 Å². The molecule has 2 N–H and O–H groups in total. The molecule has 0 aliphatic rings. The monoisotopic (exact) mass is 372 g/mol. The molecular formula is C19H24N4O4. The minimum Gasteiger partial charge on any atom is -0.452 e. The Kier molecular flexibility index (Phi) is 6.33. The van der Waals surface area contributed by atoms with Crippen molar-refractivity contribution in [2.24, 2.45) is 0 Å². The average Bonchev–Trinajstić information content (AvgIpc) is 3.08. The van der Waals surface area contributed by atoms with E-state index in [9.17, 15) is 14.4 Å². The number of benzene rings is 1. The van der Waals surface area contributed by atoms with E-state index < -0.39 is 18.5 Å². The van der Waals surface area contributed by atoms with Crippen LogP contribution < -0.4 is 5.32 Å². The van der Waals surface area contributed by atoms with Gasteiger partial charge in [0.25, 0.3) is 5.91 Å². The highest BCUT2D eigenvalue weighted by Crippen LogP contribution is 2.21. The van der Waals surface area contributed by atoms with Crippen molar-refractivity contribution in [3.8, 4) is 11.3 Å². The Morgan fingerprint density at radius 2 is 1.85 bits per heavy atom. The van der Waals surface area contributed by atoms with E-state index in [1.807, 2.05) is 51.1 Å². The third-order valence-electron chi connectivity index (χ3n) is 3.57. The molecule has 2 aromatic rings. The summed E-state index contributed by atoms with van der Waals surface area (Å²) in [6, 6.07) is 9.20. The maximum absolute atomic E-state index is 12.3. The molecule has 0 spiro atoms. The van der Waals surface area contributed by atoms with E-state index in [1.54, 1.807) is 0 Å². The number of aromatic amines is 1. The number of hydrogen-bond acceptors (Lipinski definition) is 5. The average molecular weight is 372 g/mol. The van der Waals surface area contributed by atoms with Crippen LogP contribution >= 0.6 is 0 Å². The lowest BCUT2D eigenvalue weighted by atomic mass is 10.1. The van der Waals surface area contributed by atoms with Gasteiger partial charge in [-0.3, -0.25) is 14.7 Å². The first-order chi connectivity index (χ1) is 12.7. The Hall–Kier alpha value is -3.16. The molecule has 27 heavy (non-hydrogen) atoms. The molecule has 1 aromatic carbocycles. The normalized spacial score (nSPS) is 11.0. The number of carbonyl (C=O) groups excluding carboxylic acids is 3. The highest BCUT2D eigenvalue weighted by molar-refractivity contribution is 5.97. The van der Waals surface area contributed by atoms with Crippen LogP contribution in [0.5, 0.6) is 0 Å². The lowest BCUT2D eigenvalue weighted by Crippen LogP contribution is -2.46. The van der Waals surface area contributed by atoms with Crippen LogP contribution in [0, 0.1) is 0 Å². The van der Waals surface area contributed by atoms with Crippen LogP contribution in [-0.2, 0) is 14.3 Å². The van der Waals surface area contributed by atoms with Gasteiger partial charge in [-0.25, -0.2) is 4.79 Å². The third-order valence-corrected chi connectivity index (χ3v) is 3.57. The Morgan fingerprint density at radius 1 is 1.19 bits per heavy atom. The van der Waals surface area contributed by atoms with Crippen LogP contribution in [0.2, 0.25) is 0 Å². The number of nitrogens with zero attached hydrogens (tertiary/aromatic N) is 2. The van der Waals surface area contributed by atoms with Gasteiger partial charge >= 0.3 is 5.97 Å². The first kappa shape index (κ1) is 20.2. The Balaban J connectivity index is 1.91. The molecule has 0 unspecified atom stereocenters. The van der Waals surface area contributed by atoms with Gasteiger partial charge in [-0.1, -0.05) is 30.3 Å². The van der Waals surface area contributed by atoms with Gasteiger partial charge in [0, 0.05) is 18.2 Å². The largest absolute Gasteiger partial charge is 0.452 e. The topological polar surface area (TPSA) is 104 Å². The summed E-state index contributed by atoms with van der Waals surface area (Å²) < 4.78 is 5.09. The van der Waals surface area contributed by atoms with E-state index in [-0.39, 0.29) is 23.6 Å². The third kappa shape index (κ3) is 5.95. The quantitative estimate of drug-likeness (QED) is 0.750. The first-order valence-electron chi connectivity index (χ1n) is 8.48. The minimum absolute atomic E-state index is 0.116. The van der Waals surface area contributed by atoms with E-state index in [1.165, 1.54) is 18.1 Å². The Bertz CT molecular complexity index is 809. The molecule has 0 aliphatic carbocycles. The lowest BCUT2D eigenvalue weighted by Gasteiger charge is -2.23. The number of nitrogens with one attached hydrogen (secondary N) is 2. The molecule has 0 saturated carbocycles. The van der Waals surface area contributed by atoms with Gasteiger partial charge in [0.1, 0.15) is 5.56 Å². The van der Waals surface area contributed by atoms with Gasteiger partial charge in [0.05, 0.1) is 18.4 Å². The first-order valence-corrected chi connectivity index (χ1v) is 8.48. The minimum atomic E-state index is -0.663.